The molecule has 0 aliphatic heterocycles. The van der Waals surface area contributed by atoms with Crippen LogP contribution in [0.2, 0.25) is 0 Å². The highest BCUT2D eigenvalue weighted by Gasteiger charge is 2.57. The molecule has 6 aliphatic rings. The fourth-order valence-electron chi connectivity index (χ4n) is 9.07. The predicted octanol–water partition coefficient (Wildman–Crippen LogP) is 8.76. The molecule has 4 heteroatoms. The van der Waals surface area contributed by atoms with Crippen molar-refractivity contribution in [3.8, 4) is 34.2 Å². The van der Waals surface area contributed by atoms with Crippen LogP contribution >= 0.6 is 0 Å². The van der Waals surface area contributed by atoms with Gasteiger partial charge in [-0.2, -0.15) is 0 Å². The second-order valence-electron chi connectivity index (χ2n) is 14.2. The molecule has 0 saturated heterocycles. The normalized spacial score (nSPS) is 29.9. The first-order valence-electron chi connectivity index (χ1n) is 15.1. The van der Waals surface area contributed by atoms with Crippen LogP contribution in [-0.4, -0.2) is 19.9 Å². The lowest BCUT2D eigenvalue weighted by atomic mass is 9.45. The van der Waals surface area contributed by atoms with E-state index in [0.29, 0.717) is 34.5 Å². The molecule has 202 valence electrons. The van der Waals surface area contributed by atoms with Gasteiger partial charge in [0.15, 0.2) is 0 Å². The van der Waals surface area contributed by atoms with Crippen molar-refractivity contribution >= 4 is 0 Å². The van der Waals surface area contributed by atoms with Crippen LogP contribution in [0.25, 0.3) is 34.2 Å². The van der Waals surface area contributed by atoms with Crippen molar-refractivity contribution in [2.45, 2.75) is 78.1 Å². The van der Waals surface area contributed by atoms with Crippen molar-refractivity contribution < 1.29 is 0 Å². The van der Waals surface area contributed by atoms with E-state index in [0.717, 1.165) is 46.0 Å². The standard InChI is InChI=1S/C36H38N4/c1-19-23-17-25(35(23,3)4)21-13-15-31(39-33(19)21)29-11-7-9-27(37-29)28-10-8-12-30(38-28)32-16-14-22-26-18-24(36(26,5)6)20(2)34(22)40-32/h7-16,19-20,23-26H,17-18H2,1-6H3/t19-,20-,23-,24-,25+,26+/m1/s1. The average Bonchev–Trinajstić information content (AvgIpc) is 2.96. The van der Waals surface area contributed by atoms with Crippen molar-refractivity contribution in [3.05, 3.63) is 83.2 Å². The Morgan fingerprint density at radius 2 is 0.850 bits per heavy atom. The van der Waals surface area contributed by atoms with Gasteiger partial charge in [-0.15, -0.1) is 0 Å². The summed E-state index contributed by atoms with van der Waals surface area (Å²) in [6.07, 6.45) is 2.60. The van der Waals surface area contributed by atoms with Gasteiger partial charge in [0.25, 0.3) is 0 Å². The van der Waals surface area contributed by atoms with Gasteiger partial charge in [-0.05, 0) is 94.9 Å². The summed E-state index contributed by atoms with van der Waals surface area (Å²) in [5.74, 6) is 3.68. The van der Waals surface area contributed by atoms with Crippen LogP contribution in [0.1, 0.15) is 101 Å². The second kappa shape index (κ2) is 8.09. The highest BCUT2D eigenvalue weighted by Crippen LogP contribution is 2.67. The van der Waals surface area contributed by atoms with E-state index in [2.05, 4.69) is 90.1 Å². The van der Waals surface area contributed by atoms with E-state index in [9.17, 15) is 0 Å². The Morgan fingerprint density at radius 3 is 1.20 bits per heavy atom. The lowest BCUT2D eigenvalue weighted by Gasteiger charge is -2.59. The molecule has 4 aromatic rings. The molecule has 4 heterocycles. The number of aromatic nitrogens is 4. The Bertz CT molecular complexity index is 1560. The van der Waals surface area contributed by atoms with Crippen molar-refractivity contribution in [3.63, 3.8) is 0 Å². The maximum absolute atomic E-state index is 5.19. The Hall–Kier alpha value is -3.40. The molecule has 0 N–H and O–H groups in total. The highest BCUT2D eigenvalue weighted by molar-refractivity contribution is 5.66. The van der Waals surface area contributed by atoms with Gasteiger partial charge in [0.2, 0.25) is 0 Å². The Labute approximate surface area is 237 Å². The molecular formula is C36H38N4. The topological polar surface area (TPSA) is 51.6 Å². The summed E-state index contributed by atoms with van der Waals surface area (Å²) < 4.78 is 0. The van der Waals surface area contributed by atoms with Gasteiger partial charge in [-0.3, -0.25) is 9.97 Å². The van der Waals surface area contributed by atoms with Crippen LogP contribution in [0.5, 0.6) is 0 Å². The van der Waals surface area contributed by atoms with Crippen LogP contribution in [0.3, 0.4) is 0 Å². The second-order valence-corrected chi connectivity index (χ2v) is 14.2. The number of nitrogens with zero attached hydrogens (tertiary/aromatic N) is 4. The van der Waals surface area contributed by atoms with E-state index < -0.39 is 0 Å². The summed E-state index contributed by atoms with van der Waals surface area (Å²) in [5, 5.41) is 0. The third kappa shape index (κ3) is 3.19. The van der Waals surface area contributed by atoms with Crippen molar-refractivity contribution in [2.24, 2.45) is 22.7 Å². The van der Waals surface area contributed by atoms with E-state index >= 15 is 0 Å². The summed E-state index contributed by atoms with van der Waals surface area (Å²) >= 11 is 0. The zero-order chi connectivity index (χ0) is 27.6. The zero-order valence-corrected chi connectivity index (χ0v) is 24.4. The first-order chi connectivity index (χ1) is 19.1. The van der Waals surface area contributed by atoms with E-state index in [-0.39, 0.29) is 0 Å². The van der Waals surface area contributed by atoms with Gasteiger partial charge in [0.05, 0.1) is 34.2 Å². The summed E-state index contributed by atoms with van der Waals surface area (Å²) in [6.45, 7) is 14.4. The molecule has 0 amide bonds. The molecule has 0 spiro atoms. The van der Waals surface area contributed by atoms with Gasteiger partial charge in [0, 0.05) is 23.2 Å². The zero-order valence-electron chi connectivity index (χ0n) is 24.4. The maximum Gasteiger partial charge on any atom is 0.0894 e. The van der Waals surface area contributed by atoms with Crippen LogP contribution in [-0.2, 0) is 0 Å². The van der Waals surface area contributed by atoms with E-state index in [1.807, 2.05) is 12.1 Å². The first kappa shape index (κ1) is 24.4. The first-order valence-corrected chi connectivity index (χ1v) is 15.1. The number of pyridine rings is 4. The van der Waals surface area contributed by atoms with E-state index in [1.165, 1.54) is 35.4 Å². The SMILES string of the molecule is C[C@H]1c2nc(-c3cccc(-c4cccc(-c5ccc6c(n5)[C@H](C)[C@H]5C[C@@H]6C5(C)C)n4)n3)ccc2[C@@H]2C[C@H]1C2(C)C. The molecule has 2 fully saturated rings. The molecule has 4 bridgehead atoms. The summed E-state index contributed by atoms with van der Waals surface area (Å²) in [6, 6.07) is 21.3. The lowest BCUT2D eigenvalue weighted by Crippen LogP contribution is -2.50. The van der Waals surface area contributed by atoms with Crippen LogP contribution in [0.4, 0.5) is 0 Å². The van der Waals surface area contributed by atoms with Crippen molar-refractivity contribution in [2.75, 3.05) is 0 Å². The number of hydrogen-bond donors (Lipinski definition) is 0. The van der Waals surface area contributed by atoms with E-state index in [1.54, 1.807) is 0 Å². The Kier molecular flexibility index (Phi) is 4.93. The van der Waals surface area contributed by atoms with E-state index in [4.69, 9.17) is 19.9 Å². The smallest absolute Gasteiger partial charge is 0.0894 e. The number of rotatable bonds is 3. The maximum atomic E-state index is 5.19. The minimum Gasteiger partial charge on any atom is -0.251 e. The van der Waals surface area contributed by atoms with Gasteiger partial charge in [-0.1, -0.05) is 65.8 Å². The molecule has 4 nitrogen and oxygen atoms in total. The summed E-state index contributed by atoms with van der Waals surface area (Å²) in [5.41, 5.74) is 11.7. The third-order valence-electron chi connectivity index (χ3n) is 11.7. The fraction of sp³-hybridized carbons (Fsp3) is 0.444. The molecule has 4 aromatic heterocycles. The summed E-state index contributed by atoms with van der Waals surface area (Å²) in [7, 11) is 0. The monoisotopic (exact) mass is 526 g/mol. The van der Waals surface area contributed by atoms with Crippen LogP contribution in [0, 0.1) is 22.7 Å². The Balaban J connectivity index is 1.12. The molecule has 0 unspecified atom stereocenters. The van der Waals surface area contributed by atoms with Crippen molar-refractivity contribution in [1.82, 2.24) is 19.9 Å². The molecule has 6 aliphatic carbocycles. The van der Waals surface area contributed by atoms with Crippen LogP contribution in [0.15, 0.2) is 60.7 Å². The number of hydrogen-bond acceptors (Lipinski definition) is 4. The Morgan fingerprint density at radius 1 is 0.500 bits per heavy atom. The van der Waals surface area contributed by atoms with Gasteiger partial charge in [-0.25, -0.2) is 9.97 Å². The van der Waals surface area contributed by atoms with Crippen LogP contribution < -0.4 is 0 Å². The van der Waals surface area contributed by atoms with Gasteiger partial charge < -0.3 is 0 Å². The minimum absolute atomic E-state index is 0.381. The molecule has 10 rings (SSSR count). The molecule has 0 radical (unpaired) electrons. The predicted molar refractivity (Wildman–Crippen MR) is 160 cm³/mol. The molecule has 2 saturated carbocycles. The minimum atomic E-state index is 0.381. The van der Waals surface area contributed by atoms with Crippen molar-refractivity contribution in [1.29, 1.82) is 0 Å². The third-order valence-corrected chi connectivity index (χ3v) is 11.7. The lowest BCUT2D eigenvalue weighted by molar-refractivity contribution is -0.00275. The molecule has 40 heavy (non-hydrogen) atoms. The van der Waals surface area contributed by atoms with Gasteiger partial charge >= 0.3 is 0 Å². The summed E-state index contributed by atoms with van der Waals surface area (Å²) in [4.78, 5) is 20.5. The fourth-order valence-corrected chi connectivity index (χ4v) is 9.07. The molecular weight excluding hydrogens is 488 g/mol. The molecule has 6 atom stereocenters. The van der Waals surface area contributed by atoms with Gasteiger partial charge in [0.1, 0.15) is 0 Å². The quantitative estimate of drug-likeness (QED) is 0.268. The largest absolute Gasteiger partial charge is 0.251 e. The highest BCUT2D eigenvalue weighted by atomic mass is 14.9. The molecule has 0 aromatic carbocycles. The average molecular weight is 527 g/mol.